The van der Waals surface area contributed by atoms with Gasteiger partial charge in [0.2, 0.25) is 0 Å². The molecule has 1 aromatic heterocycles. The monoisotopic (exact) mass is 227 g/mol. The lowest BCUT2D eigenvalue weighted by Gasteiger charge is -2.07. The Morgan fingerprint density at radius 1 is 1.35 bits per heavy atom. The molecule has 0 amide bonds. The van der Waals surface area contributed by atoms with E-state index in [4.69, 9.17) is 5.26 Å². The van der Waals surface area contributed by atoms with Crippen LogP contribution in [0.3, 0.4) is 0 Å². The number of benzene rings is 1. The van der Waals surface area contributed by atoms with Gasteiger partial charge in [-0.25, -0.2) is 9.37 Å². The Kier molecular flexibility index (Phi) is 3.01. The van der Waals surface area contributed by atoms with Crippen LogP contribution in [0.15, 0.2) is 36.5 Å². The Morgan fingerprint density at radius 2 is 2.18 bits per heavy atom. The maximum Gasteiger partial charge on any atom is 0.148 e. The van der Waals surface area contributed by atoms with Gasteiger partial charge in [0.1, 0.15) is 17.7 Å². The zero-order valence-corrected chi connectivity index (χ0v) is 9.24. The summed E-state index contributed by atoms with van der Waals surface area (Å²) >= 11 is 0. The third kappa shape index (κ3) is 2.40. The van der Waals surface area contributed by atoms with E-state index >= 15 is 0 Å². The molecular weight excluding hydrogens is 217 g/mol. The maximum absolute atomic E-state index is 13.1. The second kappa shape index (κ2) is 4.62. The zero-order valence-electron chi connectivity index (χ0n) is 9.24. The lowest BCUT2D eigenvalue weighted by molar-refractivity contribution is 0.619. The van der Waals surface area contributed by atoms with E-state index in [0.717, 1.165) is 0 Å². The number of pyridine rings is 1. The fourth-order valence-electron chi connectivity index (χ4n) is 1.45. The molecule has 0 saturated carbocycles. The van der Waals surface area contributed by atoms with Gasteiger partial charge >= 0.3 is 0 Å². The summed E-state index contributed by atoms with van der Waals surface area (Å²) in [6.07, 6.45) is 1.60. The van der Waals surface area contributed by atoms with Gasteiger partial charge in [0, 0.05) is 11.9 Å². The van der Waals surface area contributed by atoms with E-state index in [1.165, 1.54) is 6.07 Å². The Balaban J connectivity index is 2.32. The molecule has 0 aliphatic carbocycles. The second-order valence-electron chi connectivity index (χ2n) is 3.60. The molecule has 3 nitrogen and oxygen atoms in total. The molecule has 1 aromatic carbocycles. The first kappa shape index (κ1) is 11.1. The first-order chi connectivity index (χ1) is 8.20. The highest BCUT2D eigenvalue weighted by Gasteiger charge is 2.04. The van der Waals surface area contributed by atoms with Crippen LogP contribution in [0.5, 0.6) is 0 Å². The van der Waals surface area contributed by atoms with E-state index in [1.807, 2.05) is 6.07 Å². The number of hydrogen-bond donors (Lipinski definition) is 1. The highest BCUT2D eigenvalue weighted by molar-refractivity contribution is 5.62. The standard InChI is InChI=1S/C13H10FN3/c1-9-7-11(4-5-12(9)14)17-13-10(8-15)3-2-6-16-13/h2-7H,1H3,(H,16,17). The first-order valence-corrected chi connectivity index (χ1v) is 5.09. The highest BCUT2D eigenvalue weighted by atomic mass is 19.1. The third-order valence-electron chi connectivity index (χ3n) is 2.35. The molecule has 1 heterocycles. The fraction of sp³-hybridized carbons (Fsp3) is 0.0769. The summed E-state index contributed by atoms with van der Waals surface area (Å²) in [4.78, 5) is 4.07. The van der Waals surface area contributed by atoms with Gasteiger partial charge in [-0.05, 0) is 42.8 Å². The van der Waals surface area contributed by atoms with Crippen molar-refractivity contribution in [3.05, 3.63) is 53.5 Å². The Bertz CT molecular complexity index is 587. The van der Waals surface area contributed by atoms with Crippen molar-refractivity contribution in [1.82, 2.24) is 4.98 Å². The Morgan fingerprint density at radius 3 is 2.88 bits per heavy atom. The third-order valence-corrected chi connectivity index (χ3v) is 2.35. The largest absolute Gasteiger partial charge is 0.339 e. The molecule has 1 N–H and O–H groups in total. The average molecular weight is 227 g/mol. The van der Waals surface area contributed by atoms with Crippen molar-refractivity contribution in [3.63, 3.8) is 0 Å². The van der Waals surface area contributed by atoms with Gasteiger partial charge in [0.05, 0.1) is 5.56 Å². The molecule has 0 aliphatic rings. The van der Waals surface area contributed by atoms with Crippen LogP contribution in [0.4, 0.5) is 15.9 Å². The molecule has 17 heavy (non-hydrogen) atoms. The quantitative estimate of drug-likeness (QED) is 0.857. The van der Waals surface area contributed by atoms with E-state index in [0.29, 0.717) is 22.6 Å². The van der Waals surface area contributed by atoms with Crippen LogP contribution in [-0.2, 0) is 0 Å². The summed E-state index contributed by atoms with van der Waals surface area (Å²) in [5.41, 5.74) is 1.71. The van der Waals surface area contributed by atoms with Crippen LogP contribution < -0.4 is 5.32 Å². The van der Waals surface area contributed by atoms with Crippen LogP contribution in [0.2, 0.25) is 0 Å². The van der Waals surface area contributed by atoms with Crippen molar-refractivity contribution in [2.24, 2.45) is 0 Å². The lowest BCUT2D eigenvalue weighted by atomic mass is 10.2. The summed E-state index contributed by atoms with van der Waals surface area (Å²) in [5.74, 6) is 0.220. The van der Waals surface area contributed by atoms with Crippen molar-refractivity contribution in [3.8, 4) is 6.07 Å². The van der Waals surface area contributed by atoms with Gasteiger partial charge in [-0.3, -0.25) is 0 Å². The maximum atomic E-state index is 13.1. The van der Waals surface area contributed by atoms with Gasteiger partial charge in [-0.2, -0.15) is 5.26 Å². The molecular formula is C13H10FN3. The SMILES string of the molecule is Cc1cc(Nc2ncccc2C#N)ccc1F. The summed E-state index contributed by atoms with van der Waals surface area (Å²) in [6, 6.07) is 10.1. The molecule has 0 bridgehead atoms. The molecule has 2 aromatic rings. The van der Waals surface area contributed by atoms with Crippen LogP contribution in [0.25, 0.3) is 0 Å². The smallest absolute Gasteiger partial charge is 0.148 e. The molecule has 2 rings (SSSR count). The van der Waals surface area contributed by atoms with Crippen molar-refractivity contribution in [2.75, 3.05) is 5.32 Å². The molecule has 84 valence electrons. The van der Waals surface area contributed by atoms with E-state index in [-0.39, 0.29) is 5.82 Å². The molecule has 0 fully saturated rings. The van der Waals surface area contributed by atoms with Crippen molar-refractivity contribution in [1.29, 1.82) is 5.26 Å². The number of anilines is 2. The minimum absolute atomic E-state index is 0.253. The number of nitrogens with zero attached hydrogens (tertiary/aromatic N) is 2. The highest BCUT2D eigenvalue weighted by Crippen LogP contribution is 2.19. The summed E-state index contributed by atoms with van der Waals surface area (Å²) < 4.78 is 13.1. The number of aryl methyl sites for hydroxylation is 1. The van der Waals surface area contributed by atoms with E-state index in [1.54, 1.807) is 37.4 Å². The van der Waals surface area contributed by atoms with Crippen LogP contribution in [-0.4, -0.2) is 4.98 Å². The molecule has 0 unspecified atom stereocenters. The topological polar surface area (TPSA) is 48.7 Å². The number of rotatable bonds is 2. The van der Waals surface area contributed by atoms with Gasteiger partial charge in [-0.15, -0.1) is 0 Å². The van der Waals surface area contributed by atoms with Gasteiger partial charge in [0.15, 0.2) is 0 Å². The lowest BCUT2D eigenvalue weighted by Crippen LogP contribution is -1.97. The molecule has 0 radical (unpaired) electrons. The Labute approximate surface area is 98.5 Å². The summed E-state index contributed by atoms with van der Waals surface area (Å²) in [7, 11) is 0. The molecule has 0 spiro atoms. The van der Waals surface area contributed by atoms with Crippen molar-refractivity contribution in [2.45, 2.75) is 6.92 Å². The number of halogens is 1. The first-order valence-electron chi connectivity index (χ1n) is 5.09. The minimum atomic E-state index is -0.253. The van der Waals surface area contributed by atoms with Gasteiger partial charge in [-0.1, -0.05) is 0 Å². The molecule has 4 heteroatoms. The average Bonchev–Trinajstić information content (AvgIpc) is 2.34. The number of aromatic nitrogens is 1. The van der Waals surface area contributed by atoms with E-state index in [9.17, 15) is 4.39 Å². The van der Waals surface area contributed by atoms with E-state index < -0.39 is 0 Å². The predicted octanol–water partition coefficient (Wildman–Crippen LogP) is 3.14. The number of hydrogen-bond acceptors (Lipinski definition) is 3. The van der Waals surface area contributed by atoms with Crippen molar-refractivity contribution >= 4 is 11.5 Å². The predicted molar refractivity (Wildman–Crippen MR) is 63.4 cm³/mol. The fourth-order valence-corrected chi connectivity index (χ4v) is 1.45. The molecule has 0 atom stereocenters. The van der Waals surface area contributed by atoms with Crippen LogP contribution in [0, 0.1) is 24.1 Å². The van der Waals surface area contributed by atoms with Crippen LogP contribution in [0.1, 0.15) is 11.1 Å². The van der Waals surface area contributed by atoms with E-state index in [2.05, 4.69) is 10.3 Å². The zero-order chi connectivity index (χ0) is 12.3. The molecule has 0 aliphatic heterocycles. The second-order valence-corrected chi connectivity index (χ2v) is 3.60. The summed E-state index contributed by atoms with van der Waals surface area (Å²) in [6.45, 7) is 1.68. The van der Waals surface area contributed by atoms with Gasteiger partial charge in [0.25, 0.3) is 0 Å². The molecule has 0 saturated heterocycles. The number of nitriles is 1. The van der Waals surface area contributed by atoms with Gasteiger partial charge < -0.3 is 5.32 Å². The minimum Gasteiger partial charge on any atom is -0.339 e. The Hall–Kier alpha value is -2.41. The number of nitrogens with one attached hydrogen (secondary N) is 1. The normalized spacial score (nSPS) is 9.71. The van der Waals surface area contributed by atoms with Crippen LogP contribution >= 0.6 is 0 Å². The van der Waals surface area contributed by atoms with Crippen molar-refractivity contribution < 1.29 is 4.39 Å². The summed E-state index contributed by atoms with van der Waals surface area (Å²) in [5, 5.41) is 11.9.